The first-order chi connectivity index (χ1) is 9.33. The summed E-state index contributed by atoms with van der Waals surface area (Å²) >= 11 is 0. The van der Waals surface area contributed by atoms with Crippen molar-refractivity contribution in [3.8, 4) is 5.75 Å². The highest BCUT2D eigenvalue weighted by Gasteiger charge is 2.18. The summed E-state index contributed by atoms with van der Waals surface area (Å²) in [5.74, 6) is 0.935. The summed E-state index contributed by atoms with van der Waals surface area (Å²) in [6.45, 7) is 1.54. The Bertz CT molecular complexity index is 427. The van der Waals surface area contributed by atoms with Gasteiger partial charge in [0.1, 0.15) is 12.4 Å². The molecule has 1 aromatic carbocycles. The lowest BCUT2D eigenvalue weighted by Crippen LogP contribution is -2.26. The van der Waals surface area contributed by atoms with E-state index in [4.69, 9.17) is 15.2 Å². The highest BCUT2D eigenvalue weighted by atomic mass is 16.5. The van der Waals surface area contributed by atoms with Gasteiger partial charge in [-0.3, -0.25) is 0 Å². The first-order valence-electron chi connectivity index (χ1n) is 7.46. The van der Waals surface area contributed by atoms with Crippen LogP contribution < -0.4 is 10.5 Å². The highest BCUT2D eigenvalue weighted by molar-refractivity contribution is 5.39. The van der Waals surface area contributed by atoms with Crippen LogP contribution in [-0.2, 0) is 11.2 Å². The van der Waals surface area contributed by atoms with Crippen LogP contribution in [0.15, 0.2) is 18.2 Å². The van der Waals surface area contributed by atoms with Crippen molar-refractivity contribution in [1.82, 2.24) is 0 Å². The summed E-state index contributed by atoms with van der Waals surface area (Å²) < 4.78 is 11.6. The van der Waals surface area contributed by atoms with E-state index in [0.29, 0.717) is 6.61 Å². The molecule has 3 rings (SSSR count). The third-order valence-corrected chi connectivity index (χ3v) is 4.19. The van der Waals surface area contributed by atoms with Crippen LogP contribution in [-0.4, -0.2) is 19.3 Å². The van der Waals surface area contributed by atoms with Crippen LogP contribution in [0.25, 0.3) is 0 Å². The molecule has 19 heavy (non-hydrogen) atoms. The number of hydrogen-bond acceptors (Lipinski definition) is 3. The lowest BCUT2D eigenvalue weighted by atomic mass is 9.88. The molecule has 0 radical (unpaired) electrons. The Kier molecular flexibility index (Phi) is 4.04. The van der Waals surface area contributed by atoms with Crippen molar-refractivity contribution >= 4 is 0 Å². The van der Waals surface area contributed by atoms with Crippen LogP contribution >= 0.6 is 0 Å². The fourth-order valence-electron chi connectivity index (χ4n) is 3.03. The molecule has 104 valence electrons. The molecule has 0 saturated carbocycles. The number of aryl methyl sites for hydroxylation is 1. The van der Waals surface area contributed by atoms with E-state index in [-0.39, 0.29) is 12.1 Å². The Hall–Kier alpha value is -1.06. The quantitative estimate of drug-likeness (QED) is 0.909. The van der Waals surface area contributed by atoms with Gasteiger partial charge in [-0.1, -0.05) is 6.07 Å². The summed E-state index contributed by atoms with van der Waals surface area (Å²) in [5.41, 5.74) is 8.83. The highest BCUT2D eigenvalue weighted by Crippen LogP contribution is 2.31. The zero-order chi connectivity index (χ0) is 13.1. The average Bonchev–Trinajstić information content (AvgIpc) is 2.47. The third kappa shape index (κ3) is 3.10. The van der Waals surface area contributed by atoms with Gasteiger partial charge in [-0.25, -0.2) is 0 Å². The zero-order valence-electron chi connectivity index (χ0n) is 11.4. The molecule has 2 N–H and O–H groups in total. The molecule has 1 aliphatic carbocycles. The molecule has 3 heteroatoms. The van der Waals surface area contributed by atoms with Gasteiger partial charge in [-0.2, -0.15) is 0 Å². The first kappa shape index (κ1) is 12.9. The molecule has 2 unspecified atom stereocenters. The maximum atomic E-state index is 6.17. The third-order valence-electron chi connectivity index (χ3n) is 4.19. The van der Waals surface area contributed by atoms with Gasteiger partial charge in [0, 0.05) is 12.6 Å². The molecule has 2 atom stereocenters. The number of ether oxygens (including phenoxy) is 2. The minimum atomic E-state index is 0.179. The van der Waals surface area contributed by atoms with E-state index in [0.717, 1.165) is 31.6 Å². The predicted molar refractivity (Wildman–Crippen MR) is 75.4 cm³/mol. The minimum absolute atomic E-state index is 0.179. The Morgan fingerprint density at radius 1 is 1.21 bits per heavy atom. The van der Waals surface area contributed by atoms with Gasteiger partial charge in [0.2, 0.25) is 0 Å². The minimum Gasteiger partial charge on any atom is -0.491 e. The maximum Gasteiger partial charge on any atom is 0.119 e. The monoisotopic (exact) mass is 261 g/mol. The van der Waals surface area contributed by atoms with Crippen molar-refractivity contribution in [2.24, 2.45) is 5.73 Å². The Morgan fingerprint density at radius 2 is 2.16 bits per heavy atom. The normalized spacial score (nSPS) is 26.8. The molecule has 1 fully saturated rings. The molecule has 1 saturated heterocycles. The van der Waals surface area contributed by atoms with Crippen molar-refractivity contribution in [2.45, 2.75) is 50.7 Å². The van der Waals surface area contributed by atoms with Gasteiger partial charge in [-0.05, 0) is 61.8 Å². The van der Waals surface area contributed by atoms with Crippen LogP contribution in [0.4, 0.5) is 0 Å². The van der Waals surface area contributed by atoms with Crippen molar-refractivity contribution in [3.63, 3.8) is 0 Å². The number of benzene rings is 1. The molecule has 0 spiro atoms. The molecular weight excluding hydrogens is 238 g/mol. The van der Waals surface area contributed by atoms with Crippen LogP contribution in [0.3, 0.4) is 0 Å². The molecule has 0 bridgehead atoms. The molecule has 0 aromatic heterocycles. The largest absolute Gasteiger partial charge is 0.491 e. The first-order valence-corrected chi connectivity index (χ1v) is 7.46. The summed E-state index contributed by atoms with van der Waals surface area (Å²) in [6, 6.07) is 6.55. The van der Waals surface area contributed by atoms with Crippen molar-refractivity contribution in [1.29, 1.82) is 0 Å². The van der Waals surface area contributed by atoms with E-state index in [1.165, 1.54) is 30.4 Å². The number of nitrogens with two attached hydrogens (primary N) is 1. The van der Waals surface area contributed by atoms with Gasteiger partial charge in [0.25, 0.3) is 0 Å². The second-order valence-electron chi connectivity index (χ2n) is 5.66. The fourth-order valence-corrected chi connectivity index (χ4v) is 3.03. The van der Waals surface area contributed by atoms with Gasteiger partial charge in [0.05, 0.1) is 6.10 Å². The van der Waals surface area contributed by atoms with Crippen LogP contribution in [0.2, 0.25) is 0 Å². The predicted octanol–water partition coefficient (Wildman–Crippen LogP) is 2.97. The van der Waals surface area contributed by atoms with E-state index in [2.05, 4.69) is 18.2 Å². The zero-order valence-corrected chi connectivity index (χ0v) is 11.4. The van der Waals surface area contributed by atoms with Crippen molar-refractivity contribution < 1.29 is 9.47 Å². The molecule has 0 amide bonds. The topological polar surface area (TPSA) is 44.5 Å². The Balaban J connectivity index is 1.63. The summed E-state index contributed by atoms with van der Waals surface area (Å²) in [5, 5.41) is 0. The summed E-state index contributed by atoms with van der Waals surface area (Å²) in [4.78, 5) is 0. The lowest BCUT2D eigenvalue weighted by molar-refractivity contribution is -0.0110. The molecule has 1 aromatic rings. The lowest BCUT2D eigenvalue weighted by Gasteiger charge is -2.25. The average molecular weight is 261 g/mol. The molecule has 1 heterocycles. The van der Waals surface area contributed by atoms with Gasteiger partial charge >= 0.3 is 0 Å². The van der Waals surface area contributed by atoms with Crippen LogP contribution in [0.1, 0.15) is 49.3 Å². The van der Waals surface area contributed by atoms with E-state index in [1.807, 2.05) is 0 Å². The van der Waals surface area contributed by atoms with Gasteiger partial charge in [0.15, 0.2) is 0 Å². The number of fused-ring (bicyclic) bond motifs is 1. The van der Waals surface area contributed by atoms with Crippen LogP contribution in [0, 0.1) is 0 Å². The molecular formula is C16H23NO2. The molecule has 2 aliphatic rings. The van der Waals surface area contributed by atoms with Crippen molar-refractivity contribution in [3.05, 3.63) is 29.3 Å². The standard InChI is InChI=1S/C16H23NO2/c17-16-6-3-4-12-7-8-13(10-15(12)16)19-11-14-5-1-2-9-18-14/h7-8,10,14,16H,1-6,9,11,17H2. The van der Waals surface area contributed by atoms with Crippen molar-refractivity contribution in [2.75, 3.05) is 13.2 Å². The van der Waals surface area contributed by atoms with E-state index in [1.54, 1.807) is 0 Å². The number of hydrogen-bond donors (Lipinski definition) is 1. The Labute approximate surface area is 115 Å². The Morgan fingerprint density at radius 3 is 3.00 bits per heavy atom. The maximum absolute atomic E-state index is 6.17. The number of rotatable bonds is 3. The van der Waals surface area contributed by atoms with E-state index >= 15 is 0 Å². The molecule has 1 aliphatic heterocycles. The van der Waals surface area contributed by atoms with Gasteiger partial charge in [-0.15, -0.1) is 0 Å². The second-order valence-corrected chi connectivity index (χ2v) is 5.66. The van der Waals surface area contributed by atoms with Crippen LogP contribution in [0.5, 0.6) is 5.75 Å². The second kappa shape index (κ2) is 5.93. The summed E-state index contributed by atoms with van der Waals surface area (Å²) in [7, 11) is 0. The summed E-state index contributed by atoms with van der Waals surface area (Å²) in [6.07, 6.45) is 7.25. The smallest absolute Gasteiger partial charge is 0.119 e. The fraction of sp³-hybridized carbons (Fsp3) is 0.625. The van der Waals surface area contributed by atoms with E-state index < -0.39 is 0 Å². The molecule has 3 nitrogen and oxygen atoms in total. The SMILES string of the molecule is NC1CCCc2ccc(OCC3CCCCO3)cc21. The van der Waals surface area contributed by atoms with Gasteiger partial charge < -0.3 is 15.2 Å². The van der Waals surface area contributed by atoms with E-state index in [9.17, 15) is 0 Å².